The molecule has 1 fully saturated rings. The van der Waals surface area contributed by atoms with E-state index >= 15 is 0 Å². The van der Waals surface area contributed by atoms with Gasteiger partial charge >= 0.3 is 6.18 Å². The summed E-state index contributed by atoms with van der Waals surface area (Å²) in [6.07, 6.45) is 4.19. The van der Waals surface area contributed by atoms with Gasteiger partial charge in [-0.25, -0.2) is 0 Å². The second kappa shape index (κ2) is 6.82. The summed E-state index contributed by atoms with van der Waals surface area (Å²) in [6, 6.07) is 14.6. The normalized spacial score (nSPS) is 16.3. The van der Waals surface area contributed by atoms with Crippen molar-refractivity contribution in [3.05, 3.63) is 60.3 Å². The molecule has 1 aliphatic carbocycles. The van der Waals surface area contributed by atoms with Gasteiger partial charge in [0.25, 0.3) is 0 Å². The molecule has 0 saturated heterocycles. The van der Waals surface area contributed by atoms with Crippen molar-refractivity contribution in [2.75, 3.05) is 0 Å². The van der Waals surface area contributed by atoms with E-state index < -0.39 is 11.7 Å². The van der Waals surface area contributed by atoms with Gasteiger partial charge in [-0.1, -0.05) is 37.5 Å². The third kappa shape index (κ3) is 3.50. The van der Waals surface area contributed by atoms with Crippen LogP contribution in [0.4, 0.5) is 13.2 Å². The fourth-order valence-corrected chi connectivity index (χ4v) is 3.97. The van der Waals surface area contributed by atoms with Crippen LogP contribution in [-0.2, 0) is 12.7 Å². The van der Waals surface area contributed by atoms with Crippen molar-refractivity contribution < 1.29 is 13.2 Å². The van der Waals surface area contributed by atoms with Gasteiger partial charge in [-0.05, 0) is 54.2 Å². The minimum atomic E-state index is -4.32. The number of aromatic nitrogens is 1. The molecule has 0 N–H and O–H groups in total. The predicted molar refractivity (Wildman–Crippen MR) is 97.8 cm³/mol. The lowest BCUT2D eigenvalue weighted by atomic mass is 9.89. The van der Waals surface area contributed by atoms with Crippen LogP contribution in [0.5, 0.6) is 0 Å². The molecule has 4 rings (SSSR count). The summed E-state index contributed by atoms with van der Waals surface area (Å²) in [6.45, 7) is 1.00. The second-order valence-electron chi connectivity index (χ2n) is 7.24. The number of halogens is 3. The monoisotopic (exact) mass is 356 g/mol. The van der Waals surface area contributed by atoms with Crippen molar-refractivity contribution in [3.8, 4) is 11.1 Å². The first-order valence-electron chi connectivity index (χ1n) is 9.19. The van der Waals surface area contributed by atoms with Crippen molar-refractivity contribution in [3.63, 3.8) is 0 Å². The van der Waals surface area contributed by atoms with Crippen molar-refractivity contribution in [2.45, 2.75) is 44.8 Å². The molecular formula is C22H21F3N. The van der Waals surface area contributed by atoms with Crippen LogP contribution in [0.2, 0.25) is 0 Å². The SMILES string of the molecule is FC(F)(F)c1cccc(-c2ccc3c([c]cn3CC3CCCCC3)c2)c1. The Kier molecular flexibility index (Phi) is 4.51. The highest BCUT2D eigenvalue weighted by atomic mass is 19.4. The third-order valence-corrected chi connectivity index (χ3v) is 5.38. The van der Waals surface area contributed by atoms with Gasteiger partial charge in [0.2, 0.25) is 0 Å². The molecule has 4 heteroatoms. The van der Waals surface area contributed by atoms with E-state index in [1.165, 1.54) is 44.2 Å². The number of fused-ring (bicyclic) bond motifs is 1. The maximum Gasteiger partial charge on any atom is 0.416 e. The number of hydrogen-bond donors (Lipinski definition) is 0. The van der Waals surface area contributed by atoms with Crippen molar-refractivity contribution in [1.82, 2.24) is 4.57 Å². The Morgan fingerprint density at radius 1 is 0.962 bits per heavy atom. The van der Waals surface area contributed by atoms with E-state index in [0.29, 0.717) is 5.56 Å². The van der Waals surface area contributed by atoms with Gasteiger partial charge < -0.3 is 4.57 Å². The Labute approximate surface area is 151 Å². The van der Waals surface area contributed by atoms with Gasteiger partial charge in [-0.3, -0.25) is 0 Å². The minimum Gasteiger partial charge on any atom is -0.347 e. The maximum absolute atomic E-state index is 13.0. The Morgan fingerprint density at radius 3 is 2.50 bits per heavy atom. The Bertz CT molecular complexity index is 901. The lowest BCUT2D eigenvalue weighted by Crippen LogP contribution is -2.13. The van der Waals surface area contributed by atoms with Gasteiger partial charge in [0, 0.05) is 29.7 Å². The molecule has 1 heterocycles. The van der Waals surface area contributed by atoms with Gasteiger partial charge in [0.05, 0.1) is 5.56 Å². The summed E-state index contributed by atoms with van der Waals surface area (Å²) in [4.78, 5) is 0. The van der Waals surface area contributed by atoms with Crippen LogP contribution >= 0.6 is 0 Å². The van der Waals surface area contributed by atoms with Gasteiger partial charge in [0.15, 0.2) is 0 Å². The van der Waals surface area contributed by atoms with E-state index in [4.69, 9.17) is 0 Å². The number of alkyl halides is 3. The summed E-state index contributed by atoms with van der Waals surface area (Å²) in [5.41, 5.74) is 1.85. The first-order chi connectivity index (χ1) is 12.5. The molecule has 0 atom stereocenters. The van der Waals surface area contributed by atoms with Crippen LogP contribution in [-0.4, -0.2) is 4.57 Å². The number of rotatable bonds is 3. The standard InChI is InChI=1S/C22H21F3N/c23-22(24,25)20-8-4-7-17(14-20)18-9-10-21-19(13-18)11-12-26(21)15-16-5-2-1-3-6-16/h4,7-10,12-14,16H,1-3,5-6,15H2. The Morgan fingerprint density at radius 2 is 1.73 bits per heavy atom. The lowest BCUT2D eigenvalue weighted by Gasteiger charge is -2.22. The van der Waals surface area contributed by atoms with Gasteiger partial charge in [-0.15, -0.1) is 0 Å². The summed E-state index contributed by atoms with van der Waals surface area (Å²) in [5.74, 6) is 0.718. The maximum atomic E-state index is 13.0. The topological polar surface area (TPSA) is 4.93 Å². The fourth-order valence-electron chi connectivity index (χ4n) is 3.97. The molecule has 1 nitrogen and oxygen atoms in total. The first kappa shape index (κ1) is 17.2. The van der Waals surface area contributed by atoms with Crippen molar-refractivity contribution in [1.29, 1.82) is 0 Å². The molecule has 1 aliphatic rings. The van der Waals surface area contributed by atoms with Crippen molar-refractivity contribution in [2.24, 2.45) is 5.92 Å². The van der Waals surface area contributed by atoms with Crippen LogP contribution in [0.25, 0.3) is 22.0 Å². The highest BCUT2D eigenvalue weighted by Crippen LogP contribution is 2.33. The highest BCUT2D eigenvalue weighted by Gasteiger charge is 2.30. The summed E-state index contributed by atoms with van der Waals surface area (Å²) >= 11 is 0. The van der Waals surface area contributed by atoms with E-state index in [-0.39, 0.29) is 0 Å². The lowest BCUT2D eigenvalue weighted by molar-refractivity contribution is -0.137. The predicted octanol–water partition coefficient (Wildman–Crippen LogP) is 6.71. The Balaban J connectivity index is 1.62. The molecule has 1 radical (unpaired) electrons. The Hall–Kier alpha value is -2.23. The number of nitrogens with zero attached hydrogens (tertiary/aromatic N) is 1. The molecule has 3 aromatic rings. The smallest absolute Gasteiger partial charge is 0.347 e. The number of benzene rings is 2. The average Bonchev–Trinajstić information content (AvgIpc) is 3.04. The minimum absolute atomic E-state index is 0.579. The molecule has 1 saturated carbocycles. The van der Waals surface area contributed by atoms with Crippen molar-refractivity contribution >= 4 is 10.9 Å². The summed E-state index contributed by atoms with van der Waals surface area (Å²) in [7, 11) is 0. The fraction of sp³-hybridized carbons (Fsp3) is 0.364. The second-order valence-corrected chi connectivity index (χ2v) is 7.24. The third-order valence-electron chi connectivity index (χ3n) is 5.38. The van der Waals surface area contributed by atoms with Crippen LogP contribution < -0.4 is 0 Å². The molecule has 2 aromatic carbocycles. The van der Waals surface area contributed by atoms with E-state index in [2.05, 4.69) is 10.6 Å². The molecule has 0 aliphatic heterocycles. The van der Waals surface area contributed by atoms with E-state index in [1.54, 1.807) is 6.07 Å². The number of hydrogen-bond acceptors (Lipinski definition) is 0. The van der Waals surface area contributed by atoms with E-state index in [1.807, 2.05) is 24.4 Å². The average molecular weight is 356 g/mol. The molecular weight excluding hydrogens is 335 g/mol. The largest absolute Gasteiger partial charge is 0.416 e. The highest BCUT2D eigenvalue weighted by molar-refractivity contribution is 5.85. The molecule has 1 aromatic heterocycles. The van der Waals surface area contributed by atoms with Crippen LogP contribution in [0.3, 0.4) is 0 Å². The summed E-state index contributed by atoms with van der Waals surface area (Å²) < 4.78 is 41.1. The van der Waals surface area contributed by atoms with Crippen LogP contribution in [0.15, 0.2) is 48.7 Å². The van der Waals surface area contributed by atoms with E-state index in [0.717, 1.165) is 35.0 Å². The summed E-state index contributed by atoms with van der Waals surface area (Å²) in [5, 5.41) is 0.954. The zero-order chi connectivity index (χ0) is 18.1. The molecule has 0 amide bonds. The molecule has 26 heavy (non-hydrogen) atoms. The van der Waals surface area contributed by atoms with Gasteiger partial charge in [-0.2, -0.15) is 13.2 Å². The zero-order valence-electron chi connectivity index (χ0n) is 14.5. The molecule has 0 bridgehead atoms. The van der Waals surface area contributed by atoms with Crippen LogP contribution in [0.1, 0.15) is 37.7 Å². The quantitative estimate of drug-likeness (QED) is 0.492. The molecule has 135 valence electrons. The molecule has 0 unspecified atom stereocenters. The molecule has 0 spiro atoms. The van der Waals surface area contributed by atoms with Gasteiger partial charge in [0.1, 0.15) is 0 Å². The van der Waals surface area contributed by atoms with Crippen LogP contribution in [0, 0.1) is 12.0 Å². The first-order valence-corrected chi connectivity index (χ1v) is 9.19. The van der Waals surface area contributed by atoms with E-state index in [9.17, 15) is 13.2 Å². The zero-order valence-corrected chi connectivity index (χ0v) is 14.5.